The molecule has 0 saturated carbocycles. The van der Waals surface area contributed by atoms with Crippen LogP contribution in [0.1, 0.15) is 44.1 Å². The lowest BCUT2D eigenvalue weighted by Crippen LogP contribution is -2.43. The summed E-state index contributed by atoms with van der Waals surface area (Å²) in [6, 6.07) is 5.80. The molecule has 9 nitrogen and oxygen atoms in total. The first-order valence-electron chi connectivity index (χ1n) is 14.5. The van der Waals surface area contributed by atoms with Crippen molar-refractivity contribution in [1.29, 1.82) is 5.26 Å². The largest absolute Gasteiger partial charge is 0.507 e. The number of phenolic OH excluding ortho intramolecular Hbond substituents is 1. The number of nitrogen functional groups attached to an aromatic ring is 1. The van der Waals surface area contributed by atoms with Gasteiger partial charge >= 0.3 is 6.01 Å². The van der Waals surface area contributed by atoms with Gasteiger partial charge in [-0.3, -0.25) is 9.91 Å². The number of alkyl halides is 1. The summed E-state index contributed by atoms with van der Waals surface area (Å²) in [5, 5.41) is 23.3. The predicted octanol–water partition coefficient (Wildman–Crippen LogP) is 5.40. The lowest BCUT2D eigenvalue weighted by molar-refractivity contribution is 0.107. The number of nitrogens with zero attached hydrogens (tertiary/aromatic N) is 5. The number of phenols is 1. The maximum atomic E-state index is 16.7. The minimum Gasteiger partial charge on any atom is -0.507 e. The first-order chi connectivity index (χ1) is 20.8. The van der Waals surface area contributed by atoms with Gasteiger partial charge in [0.1, 0.15) is 40.9 Å². The van der Waals surface area contributed by atoms with Crippen molar-refractivity contribution >= 4 is 43.1 Å². The highest BCUT2D eigenvalue weighted by Gasteiger charge is 2.49. The molecule has 3 saturated heterocycles. The van der Waals surface area contributed by atoms with Crippen LogP contribution in [0.25, 0.3) is 32.1 Å². The molecular formula is C30H30F3N7O2S. The van der Waals surface area contributed by atoms with Gasteiger partial charge in [-0.05, 0) is 49.9 Å². The van der Waals surface area contributed by atoms with Gasteiger partial charge in [0.25, 0.3) is 0 Å². The third kappa shape index (κ3) is 4.59. The smallest absolute Gasteiger partial charge is 0.319 e. The zero-order valence-electron chi connectivity index (χ0n) is 23.3. The maximum Gasteiger partial charge on any atom is 0.319 e. The number of nitriles is 1. The summed E-state index contributed by atoms with van der Waals surface area (Å²) in [5.74, 6) is -1.54. The Balaban J connectivity index is 1.39. The fraction of sp³-hybridized carbons (Fsp3) is 0.433. The molecule has 3 fully saturated rings. The molecule has 2 aromatic carbocycles. The number of hydrogen-bond donors (Lipinski definition) is 3. The number of nitrogens with two attached hydrogens (primary N) is 1. The normalized spacial score (nSPS) is 22.7. The molecule has 0 bridgehead atoms. The van der Waals surface area contributed by atoms with E-state index in [4.69, 9.17) is 10.5 Å². The van der Waals surface area contributed by atoms with Crippen LogP contribution in [0.5, 0.6) is 11.8 Å². The van der Waals surface area contributed by atoms with Crippen LogP contribution >= 0.6 is 11.3 Å². The number of thiophene rings is 1. The maximum absolute atomic E-state index is 16.7. The Morgan fingerprint density at radius 2 is 2.07 bits per heavy atom. The highest BCUT2D eigenvalue weighted by Crippen LogP contribution is 2.46. The third-order valence-corrected chi connectivity index (χ3v) is 9.94. The Labute approximate surface area is 249 Å². The first-order valence-corrected chi connectivity index (χ1v) is 15.3. The van der Waals surface area contributed by atoms with E-state index in [1.54, 1.807) is 0 Å². The van der Waals surface area contributed by atoms with Crippen molar-refractivity contribution in [2.45, 2.75) is 50.2 Å². The van der Waals surface area contributed by atoms with Crippen LogP contribution in [0, 0.1) is 23.0 Å². The van der Waals surface area contributed by atoms with Gasteiger partial charge in [0.15, 0.2) is 11.6 Å². The van der Waals surface area contributed by atoms with Crippen LogP contribution in [-0.2, 0) is 0 Å². The molecule has 2 atom stereocenters. The predicted molar refractivity (Wildman–Crippen MR) is 159 cm³/mol. The van der Waals surface area contributed by atoms with E-state index < -0.39 is 29.1 Å². The standard InChI is InChI=1S/C30H30F3N7O2S/c31-16-12-30(7-4-9-39(30)14-16)15-42-29-37-25-18(28(38-29)40-10-3-1-2-8-36-40)11-21(41)23(24(25)33)17-5-6-20(32)26-22(17)19(13-34)27(35)43-26/h5-6,11,16,36,41H,1-4,7-10,12,14-15,35H2/t16-,30+/m1/s1. The van der Waals surface area contributed by atoms with E-state index in [1.165, 1.54) is 12.1 Å². The summed E-state index contributed by atoms with van der Waals surface area (Å²) < 4.78 is 52.1. The Bertz CT molecular complexity index is 1790. The highest BCUT2D eigenvalue weighted by molar-refractivity contribution is 7.23. The molecule has 13 heteroatoms. The molecule has 7 rings (SSSR count). The van der Waals surface area contributed by atoms with E-state index in [1.807, 2.05) is 11.1 Å². The van der Waals surface area contributed by atoms with Gasteiger partial charge < -0.3 is 15.6 Å². The molecule has 43 heavy (non-hydrogen) atoms. The summed E-state index contributed by atoms with van der Waals surface area (Å²) in [5.41, 5.74) is 8.67. The number of hydrazine groups is 1. The molecule has 2 aromatic heterocycles. The average Bonchev–Trinajstić information content (AvgIpc) is 3.53. The fourth-order valence-electron chi connectivity index (χ4n) is 6.91. The molecule has 224 valence electrons. The SMILES string of the molecule is N#Cc1c(N)sc2c(F)ccc(-c3c(O)cc4c(N5CCCCCN5)nc(OC[C@@]56CCCN5C[C@H](F)C6)nc4c3F)c12. The number of fused-ring (bicyclic) bond motifs is 3. The number of anilines is 2. The van der Waals surface area contributed by atoms with Crippen LogP contribution in [0.2, 0.25) is 0 Å². The van der Waals surface area contributed by atoms with Crippen LogP contribution in [0.4, 0.5) is 24.0 Å². The number of ether oxygens (including phenoxy) is 1. The zero-order valence-corrected chi connectivity index (χ0v) is 24.1. The second kappa shape index (κ2) is 10.7. The quantitative estimate of drug-likeness (QED) is 0.273. The summed E-state index contributed by atoms with van der Waals surface area (Å²) in [6.07, 6.45) is 4.01. The van der Waals surface area contributed by atoms with Crippen LogP contribution in [0.15, 0.2) is 18.2 Å². The van der Waals surface area contributed by atoms with Gasteiger partial charge in [0.2, 0.25) is 0 Å². The minimum absolute atomic E-state index is 0.0117. The van der Waals surface area contributed by atoms with Crippen molar-refractivity contribution in [3.8, 4) is 29.0 Å². The number of aromatic hydroxyl groups is 1. The average molecular weight is 610 g/mol. The van der Waals surface area contributed by atoms with E-state index >= 15 is 4.39 Å². The Hall–Kier alpha value is -3.86. The molecule has 0 radical (unpaired) electrons. The molecule has 0 spiro atoms. The van der Waals surface area contributed by atoms with Crippen LogP contribution in [0.3, 0.4) is 0 Å². The molecular weight excluding hydrogens is 579 g/mol. The second-order valence-electron chi connectivity index (χ2n) is 11.5. The van der Waals surface area contributed by atoms with Gasteiger partial charge in [0.05, 0.1) is 26.8 Å². The Morgan fingerprint density at radius 1 is 1.21 bits per heavy atom. The molecule has 0 aliphatic carbocycles. The van der Waals surface area contributed by atoms with Gasteiger partial charge in [-0.15, -0.1) is 11.3 Å². The Morgan fingerprint density at radius 3 is 2.91 bits per heavy atom. The first kappa shape index (κ1) is 27.9. The van der Waals surface area contributed by atoms with E-state index in [2.05, 4.69) is 20.3 Å². The third-order valence-electron chi connectivity index (χ3n) is 8.92. The van der Waals surface area contributed by atoms with Crippen molar-refractivity contribution < 1.29 is 23.0 Å². The minimum atomic E-state index is -0.932. The molecule has 0 unspecified atom stereocenters. The van der Waals surface area contributed by atoms with E-state index in [0.29, 0.717) is 31.9 Å². The number of halogens is 3. The van der Waals surface area contributed by atoms with Crippen molar-refractivity contribution in [1.82, 2.24) is 20.3 Å². The van der Waals surface area contributed by atoms with E-state index in [9.17, 15) is 19.1 Å². The van der Waals surface area contributed by atoms with Crippen LogP contribution in [-0.4, -0.2) is 64.5 Å². The fourth-order valence-corrected chi connectivity index (χ4v) is 7.86. The summed E-state index contributed by atoms with van der Waals surface area (Å²) in [4.78, 5) is 11.3. The molecule has 4 aromatic rings. The van der Waals surface area contributed by atoms with Gasteiger partial charge in [-0.2, -0.15) is 15.2 Å². The number of nitrogens with one attached hydrogen (secondary N) is 1. The van der Waals surface area contributed by atoms with Crippen LogP contribution < -0.4 is 20.9 Å². The summed E-state index contributed by atoms with van der Waals surface area (Å²) in [6.45, 7) is 2.61. The Kier molecular flexibility index (Phi) is 6.95. The molecule has 0 amide bonds. The molecule has 4 N–H and O–H groups in total. The van der Waals surface area contributed by atoms with E-state index in [-0.39, 0.29) is 55.3 Å². The van der Waals surface area contributed by atoms with Crippen molar-refractivity contribution in [2.75, 3.05) is 43.5 Å². The number of rotatable bonds is 5. The lowest BCUT2D eigenvalue weighted by atomic mass is 9.95. The van der Waals surface area contributed by atoms with Gasteiger partial charge in [-0.25, -0.2) is 18.6 Å². The number of aromatic nitrogens is 2. The summed E-state index contributed by atoms with van der Waals surface area (Å²) in [7, 11) is 0. The number of benzene rings is 2. The summed E-state index contributed by atoms with van der Waals surface area (Å²) >= 11 is 0.890. The van der Waals surface area contributed by atoms with Gasteiger partial charge in [-0.1, -0.05) is 12.5 Å². The van der Waals surface area contributed by atoms with Crippen molar-refractivity contribution in [3.63, 3.8) is 0 Å². The monoisotopic (exact) mass is 609 g/mol. The van der Waals surface area contributed by atoms with Gasteiger partial charge in [0, 0.05) is 31.4 Å². The zero-order chi connectivity index (χ0) is 29.9. The topological polar surface area (TPSA) is 124 Å². The van der Waals surface area contributed by atoms with Crippen molar-refractivity contribution in [3.05, 3.63) is 35.4 Å². The molecule has 3 aliphatic heterocycles. The molecule has 3 aliphatic rings. The van der Waals surface area contributed by atoms with Crippen molar-refractivity contribution in [2.24, 2.45) is 0 Å². The second-order valence-corrected chi connectivity index (χ2v) is 12.6. The lowest BCUT2D eigenvalue weighted by Gasteiger charge is -2.31. The molecule has 5 heterocycles. The highest BCUT2D eigenvalue weighted by atomic mass is 32.1. The number of hydrogen-bond acceptors (Lipinski definition) is 10. The van der Waals surface area contributed by atoms with E-state index in [0.717, 1.165) is 56.1 Å².